The Bertz CT molecular complexity index is 1220. The Balaban J connectivity index is 1.46. The number of amides is 2. The fraction of sp³-hybridized carbons (Fsp3) is 0.0417. The zero-order valence-corrected chi connectivity index (χ0v) is 18.4. The maximum atomic E-state index is 12.7. The lowest BCUT2D eigenvalue weighted by Gasteiger charge is -2.12. The number of imide groups is 1. The average Bonchev–Trinajstić information content (AvgIpc) is 3.07. The number of nitrogens with zero attached hydrogens (tertiary/aromatic N) is 1. The monoisotopic (exact) mass is 465 g/mol. The number of anilines is 1. The molecule has 160 valence electrons. The first-order valence-electron chi connectivity index (χ1n) is 9.44. The van der Waals surface area contributed by atoms with Crippen LogP contribution in [0.15, 0.2) is 77.7 Å². The Kier molecular flexibility index (Phi) is 6.30. The molecule has 1 saturated heterocycles. The second-order valence-electron chi connectivity index (χ2n) is 6.68. The van der Waals surface area contributed by atoms with Crippen molar-refractivity contribution in [2.24, 2.45) is 0 Å². The summed E-state index contributed by atoms with van der Waals surface area (Å²) in [5.74, 6) is 0.0843. The lowest BCUT2D eigenvalue weighted by molar-refractivity contribution is -0.113. The van der Waals surface area contributed by atoms with Crippen molar-refractivity contribution in [2.75, 3.05) is 12.0 Å². The zero-order valence-electron chi connectivity index (χ0n) is 16.8. The van der Waals surface area contributed by atoms with Gasteiger partial charge in [-0.1, -0.05) is 29.8 Å². The highest BCUT2D eigenvalue weighted by atomic mass is 35.5. The Hall–Kier alpha value is -3.55. The van der Waals surface area contributed by atoms with Crippen LogP contribution in [-0.4, -0.2) is 24.2 Å². The predicted octanol–water partition coefficient (Wildman–Crippen LogP) is 5.81. The highest BCUT2D eigenvalue weighted by Crippen LogP contribution is 2.36. The molecule has 3 aromatic carbocycles. The molecule has 3 aromatic rings. The van der Waals surface area contributed by atoms with Crippen molar-refractivity contribution in [3.8, 4) is 11.5 Å². The molecule has 0 bridgehead atoms. The van der Waals surface area contributed by atoms with Crippen molar-refractivity contribution in [1.82, 2.24) is 0 Å². The fourth-order valence-corrected chi connectivity index (χ4v) is 4.01. The van der Waals surface area contributed by atoms with Gasteiger partial charge in [-0.3, -0.25) is 9.59 Å². The fourth-order valence-electron chi connectivity index (χ4n) is 2.98. The van der Waals surface area contributed by atoms with Gasteiger partial charge in [-0.15, -0.1) is 0 Å². The summed E-state index contributed by atoms with van der Waals surface area (Å²) < 4.78 is 10.4. The molecular weight excluding hydrogens is 450 g/mol. The van der Waals surface area contributed by atoms with Gasteiger partial charge in [0.2, 0.25) is 0 Å². The molecule has 1 fully saturated rings. The molecule has 0 N–H and O–H groups in total. The van der Waals surface area contributed by atoms with Gasteiger partial charge in [0.05, 0.1) is 23.3 Å². The maximum absolute atomic E-state index is 12.7. The van der Waals surface area contributed by atoms with Crippen LogP contribution in [0.25, 0.3) is 6.08 Å². The van der Waals surface area contributed by atoms with E-state index in [1.807, 2.05) is 0 Å². The zero-order chi connectivity index (χ0) is 22.7. The van der Waals surface area contributed by atoms with Crippen LogP contribution in [0.1, 0.15) is 15.9 Å². The van der Waals surface area contributed by atoms with Crippen LogP contribution in [0.3, 0.4) is 0 Å². The van der Waals surface area contributed by atoms with Crippen LogP contribution in [-0.2, 0) is 4.79 Å². The molecule has 1 aliphatic rings. The number of hydrogen-bond acceptors (Lipinski definition) is 6. The molecule has 0 unspecified atom stereocenters. The molecule has 32 heavy (non-hydrogen) atoms. The van der Waals surface area contributed by atoms with E-state index in [0.717, 1.165) is 16.7 Å². The minimum Gasteiger partial charge on any atom is -0.497 e. The van der Waals surface area contributed by atoms with Crippen LogP contribution in [0.4, 0.5) is 10.5 Å². The molecule has 8 heteroatoms. The quantitative estimate of drug-likeness (QED) is 0.269. The lowest BCUT2D eigenvalue weighted by atomic mass is 10.2. The van der Waals surface area contributed by atoms with Gasteiger partial charge in [0.25, 0.3) is 11.1 Å². The van der Waals surface area contributed by atoms with Crippen molar-refractivity contribution in [1.29, 1.82) is 0 Å². The van der Waals surface area contributed by atoms with E-state index in [-0.39, 0.29) is 4.91 Å². The molecule has 1 heterocycles. The molecule has 0 radical (unpaired) electrons. The van der Waals surface area contributed by atoms with Crippen molar-refractivity contribution < 1.29 is 23.9 Å². The van der Waals surface area contributed by atoms with Gasteiger partial charge in [-0.2, -0.15) is 0 Å². The number of rotatable bonds is 5. The standard InChI is InChI=1S/C24H16ClNO5S/c1-30-19-11-7-16(8-12-19)23(28)31-20-9-5-15(6-10-20)13-21-22(27)26(24(29)32-21)18-4-2-3-17(25)14-18/h2-14H,1H3/b21-13-. The summed E-state index contributed by atoms with van der Waals surface area (Å²) in [6.45, 7) is 0. The molecule has 2 amide bonds. The molecule has 0 aromatic heterocycles. The average molecular weight is 466 g/mol. The van der Waals surface area contributed by atoms with Crippen molar-refractivity contribution in [3.63, 3.8) is 0 Å². The summed E-state index contributed by atoms with van der Waals surface area (Å²) in [5.41, 5.74) is 1.50. The third kappa shape index (κ3) is 4.69. The second-order valence-corrected chi connectivity index (χ2v) is 8.11. The molecule has 1 aliphatic heterocycles. The first-order chi connectivity index (χ1) is 15.4. The third-order valence-corrected chi connectivity index (χ3v) is 5.68. The lowest BCUT2D eigenvalue weighted by Crippen LogP contribution is -2.27. The Morgan fingerprint density at radius 2 is 1.66 bits per heavy atom. The normalized spacial score (nSPS) is 14.7. The summed E-state index contributed by atoms with van der Waals surface area (Å²) in [4.78, 5) is 38.8. The number of methoxy groups -OCH3 is 1. The molecule has 0 atom stereocenters. The molecule has 0 spiro atoms. The minimum atomic E-state index is -0.497. The van der Waals surface area contributed by atoms with E-state index in [1.54, 1.807) is 86.0 Å². The van der Waals surface area contributed by atoms with E-state index in [1.165, 1.54) is 0 Å². The van der Waals surface area contributed by atoms with Gasteiger partial charge in [-0.25, -0.2) is 9.69 Å². The van der Waals surface area contributed by atoms with Gasteiger partial charge in [0.15, 0.2) is 0 Å². The van der Waals surface area contributed by atoms with Crippen LogP contribution in [0.2, 0.25) is 5.02 Å². The Labute approximate surface area is 193 Å². The summed E-state index contributed by atoms with van der Waals surface area (Å²) >= 11 is 6.83. The highest BCUT2D eigenvalue weighted by molar-refractivity contribution is 8.19. The number of hydrogen-bond donors (Lipinski definition) is 0. The number of carbonyl (C=O) groups is 3. The van der Waals surface area contributed by atoms with Gasteiger partial charge in [0, 0.05) is 5.02 Å². The van der Waals surface area contributed by atoms with E-state index in [2.05, 4.69) is 0 Å². The van der Waals surface area contributed by atoms with Crippen LogP contribution >= 0.6 is 23.4 Å². The van der Waals surface area contributed by atoms with Gasteiger partial charge >= 0.3 is 5.97 Å². The van der Waals surface area contributed by atoms with Gasteiger partial charge in [0.1, 0.15) is 11.5 Å². The molecular formula is C24H16ClNO5S. The van der Waals surface area contributed by atoms with Crippen molar-refractivity contribution in [3.05, 3.63) is 93.9 Å². The van der Waals surface area contributed by atoms with Gasteiger partial charge in [-0.05, 0) is 78.0 Å². The largest absolute Gasteiger partial charge is 0.497 e. The summed E-state index contributed by atoms with van der Waals surface area (Å²) in [6.07, 6.45) is 1.62. The highest BCUT2D eigenvalue weighted by Gasteiger charge is 2.36. The van der Waals surface area contributed by atoms with E-state index >= 15 is 0 Å². The SMILES string of the molecule is COc1ccc(C(=O)Oc2ccc(/C=C3\SC(=O)N(c4cccc(Cl)c4)C3=O)cc2)cc1. The van der Waals surface area contributed by atoms with Crippen molar-refractivity contribution in [2.45, 2.75) is 0 Å². The second kappa shape index (κ2) is 9.30. The minimum absolute atomic E-state index is 0.290. The van der Waals surface area contributed by atoms with E-state index in [0.29, 0.717) is 33.3 Å². The topological polar surface area (TPSA) is 72.9 Å². The van der Waals surface area contributed by atoms with E-state index in [9.17, 15) is 14.4 Å². The summed E-state index contributed by atoms with van der Waals surface area (Å²) in [5, 5.41) is 0.0406. The van der Waals surface area contributed by atoms with Crippen LogP contribution < -0.4 is 14.4 Å². The summed E-state index contributed by atoms with van der Waals surface area (Å²) in [7, 11) is 1.55. The van der Waals surface area contributed by atoms with E-state index in [4.69, 9.17) is 21.1 Å². The molecule has 0 saturated carbocycles. The number of ether oxygens (including phenoxy) is 2. The summed E-state index contributed by atoms with van der Waals surface area (Å²) in [6, 6.07) is 19.8. The van der Waals surface area contributed by atoms with Gasteiger partial charge < -0.3 is 9.47 Å². The number of carbonyl (C=O) groups excluding carboxylic acids is 3. The van der Waals surface area contributed by atoms with Crippen LogP contribution in [0, 0.1) is 0 Å². The Morgan fingerprint density at radius 1 is 0.969 bits per heavy atom. The van der Waals surface area contributed by atoms with Crippen LogP contribution in [0.5, 0.6) is 11.5 Å². The number of benzene rings is 3. The molecule has 0 aliphatic carbocycles. The Morgan fingerprint density at radius 3 is 2.31 bits per heavy atom. The predicted molar refractivity (Wildman–Crippen MR) is 124 cm³/mol. The molecule has 6 nitrogen and oxygen atoms in total. The van der Waals surface area contributed by atoms with E-state index < -0.39 is 17.1 Å². The maximum Gasteiger partial charge on any atom is 0.343 e. The first-order valence-corrected chi connectivity index (χ1v) is 10.6. The third-order valence-electron chi connectivity index (χ3n) is 4.57. The number of thioether (sulfide) groups is 1. The number of esters is 1. The first kappa shape index (κ1) is 21.7. The molecule has 4 rings (SSSR count). The number of halogens is 1. The van der Waals surface area contributed by atoms with Crippen molar-refractivity contribution >= 4 is 52.2 Å². The smallest absolute Gasteiger partial charge is 0.343 e.